The molecule has 24 heavy (non-hydrogen) atoms. The van der Waals surface area contributed by atoms with E-state index in [1.165, 1.54) is 11.0 Å². The average Bonchev–Trinajstić information content (AvgIpc) is 2.93. The number of phenolic OH excluding ortho intramolecular Hbond substituents is 1. The molecule has 0 aromatic heterocycles. The van der Waals surface area contributed by atoms with Gasteiger partial charge in [-0.1, -0.05) is 6.07 Å². The van der Waals surface area contributed by atoms with Crippen LogP contribution in [0, 0.1) is 18.6 Å². The molecule has 1 aliphatic rings. The summed E-state index contributed by atoms with van der Waals surface area (Å²) in [7, 11) is 0. The van der Waals surface area contributed by atoms with Gasteiger partial charge in [-0.05, 0) is 43.7 Å². The summed E-state index contributed by atoms with van der Waals surface area (Å²) in [6.45, 7) is 1.63. The Morgan fingerprint density at radius 2 is 2.00 bits per heavy atom. The number of carbonyl (C=O) groups is 1. The number of hydrogen-bond donors (Lipinski definition) is 2. The van der Waals surface area contributed by atoms with Gasteiger partial charge in [0.1, 0.15) is 17.4 Å². The first kappa shape index (κ1) is 16.4. The van der Waals surface area contributed by atoms with E-state index in [1.54, 1.807) is 19.1 Å². The molecule has 0 aliphatic carbocycles. The predicted octanol–water partition coefficient (Wildman–Crippen LogP) is 2.93. The maximum Gasteiger partial charge on any atom is 0.254 e. The lowest BCUT2D eigenvalue weighted by Gasteiger charge is -2.26. The van der Waals surface area contributed by atoms with E-state index in [2.05, 4.69) is 0 Å². The van der Waals surface area contributed by atoms with E-state index in [0.717, 1.165) is 18.2 Å². The minimum atomic E-state index is -0.820. The number of phenols is 1. The van der Waals surface area contributed by atoms with Crippen molar-refractivity contribution in [2.24, 2.45) is 0 Å². The van der Waals surface area contributed by atoms with Gasteiger partial charge < -0.3 is 15.1 Å². The van der Waals surface area contributed by atoms with E-state index in [0.29, 0.717) is 5.56 Å². The molecule has 6 heteroatoms. The van der Waals surface area contributed by atoms with Crippen molar-refractivity contribution < 1.29 is 23.8 Å². The summed E-state index contributed by atoms with van der Waals surface area (Å²) in [5.74, 6) is -1.68. The first-order valence-corrected chi connectivity index (χ1v) is 7.61. The molecule has 1 fully saturated rings. The zero-order valence-corrected chi connectivity index (χ0v) is 13.0. The molecule has 2 aromatic rings. The molecule has 0 saturated carbocycles. The molecule has 0 radical (unpaired) electrons. The molecule has 126 valence electrons. The van der Waals surface area contributed by atoms with Crippen LogP contribution in [-0.4, -0.2) is 33.7 Å². The second-order valence-corrected chi connectivity index (χ2v) is 5.98. The van der Waals surface area contributed by atoms with Gasteiger partial charge in [-0.25, -0.2) is 8.78 Å². The van der Waals surface area contributed by atoms with E-state index in [4.69, 9.17) is 0 Å². The zero-order chi connectivity index (χ0) is 17.4. The monoisotopic (exact) mass is 333 g/mol. The molecule has 1 aliphatic heterocycles. The molecular formula is C18H17F2NO3. The molecule has 4 nitrogen and oxygen atoms in total. The fraction of sp³-hybridized carbons (Fsp3) is 0.278. The lowest BCUT2D eigenvalue weighted by atomic mass is 10.0. The van der Waals surface area contributed by atoms with Crippen LogP contribution in [0.4, 0.5) is 8.78 Å². The lowest BCUT2D eigenvalue weighted by Crippen LogP contribution is -2.32. The normalized spacial score (nSPS) is 20.4. The summed E-state index contributed by atoms with van der Waals surface area (Å²) in [5, 5.41) is 19.7. The van der Waals surface area contributed by atoms with Crippen LogP contribution < -0.4 is 0 Å². The second kappa shape index (κ2) is 6.20. The Kier molecular flexibility index (Phi) is 4.24. The van der Waals surface area contributed by atoms with Gasteiger partial charge in [-0.15, -0.1) is 0 Å². The van der Waals surface area contributed by atoms with Gasteiger partial charge in [0.25, 0.3) is 5.91 Å². The van der Waals surface area contributed by atoms with Crippen molar-refractivity contribution in [1.82, 2.24) is 4.90 Å². The number of hydrogen-bond acceptors (Lipinski definition) is 3. The Balaban J connectivity index is 2.00. The molecule has 0 spiro atoms. The van der Waals surface area contributed by atoms with Gasteiger partial charge in [0, 0.05) is 23.2 Å². The maximum absolute atomic E-state index is 14.1. The average molecular weight is 333 g/mol. The highest BCUT2D eigenvalue weighted by atomic mass is 19.1. The quantitative estimate of drug-likeness (QED) is 0.888. The number of rotatable bonds is 2. The first-order chi connectivity index (χ1) is 11.4. The number of β-amino-alcohol motifs (C(OH)–C–C–N with tert-alkyl or cyclic N) is 1. The first-order valence-electron chi connectivity index (χ1n) is 7.61. The molecule has 2 aromatic carbocycles. The number of halogens is 2. The topological polar surface area (TPSA) is 60.8 Å². The predicted molar refractivity (Wildman–Crippen MR) is 83.6 cm³/mol. The Bertz CT molecular complexity index is 794. The number of amides is 1. The van der Waals surface area contributed by atoms with Crippen LogP contribution >= 0.6 is 0 Å². The molecule has 2 N–H and O–H groups in total. The van der Waals surface area contributed by atoms with Crippen LogP contribution in [0.5, 0.6) is 5.75 Å². The van der Waals surface area contributed by atoms with Crippen LogP contribution in [0.2, 0.25) is 0 Å². The Labute approximate surface area is 138 Å². The van der Waals surface area contributed by atoms with Gasteiger partial charge in [0.15, 0.2) is 0 Å². The van der Waals surface area contributed by atoms with Gasteiger partial charge in [-0.2, -0.15) is 0 Å². The third kappa shape index (κ3) is 2.85. The van der Waals surface area contributed by atoms with E-state index < -0.39 is 29.7 Å². The summed E-state index contributed by atoms with van der Waals surface area (Å²) < 4.78 is 27.6. The minimum absolute atomic E-state index is 0.0194. The molecule has 1 amide bonds. The van der Waals surface area contributed by atoms with E-state index in [-0.39, 0.29) is 29.8 Å². The lowest BCUT2D eigenvalue weighted by molar-refractivity contribution is 0.0712. The molecular weight excluding hydrogens is 316 g/mol. The van der Waals surface area contributed by atoms with E-state index >= 15 is 0 Å². The van der Waals surface area contributed by atoms with Crippen LogP contribution in [0.1, 0.15) is 33.9 Å². The fourth-order valence-electron chi connectivity index (χ4n) is 3.11. The number of nitrogens with zero attached hydrogens (tertiary/aromatic N) is 1. The van der Waals surface area contributed by atoms with Crippen molar-refractivity contribution >= 4 is 5.91 Å². The number of carbonyl (C=O) groups excluding carboxylic acids is 1. The molecule has 1 saturated heterocycles. The Morgan fingerprint density at radius 1 is 1.25 bits per heavy atom. The molecule has 1 heterocycles. The largest absolute Gasteiger partial charge is 0.508 e. The second-order valence-electron chi connectivity index (χ2n) is 5.98. The molecule has 3 rings (SSSR count). The summed E-state index contributed by atoms with van der Waals surface area (Å²) in [6.07, 6.45) is -0.691. The van der Waals surface area contributed by atoms with Gasteiger partial charge in [0.05, 0.1) is 12.1 Å². The number of aliphatic hydroxyl groups excluding tert-OH is 1. The van der Waals surface area contributed by atoms with E-state index in [1.807, 2.05) is 0 Å². The van der Waals surface area contributed by atoms with Crippen molar-refractivity contribution in [3.8, 4) is 5.75 Å². The Morgan fingerprint density at radius 3 is 2.75 bits per heavy atom. The SMILES string of the molecule is Cc1c(O)cccc1C(=O)N1CC(O)CC1c1cc(F)ccc1F. The van der Waals surface area contributed by atoms with Gasteiger partial charge in [-0.3, -0.25) is 4.79 Å². The van der Waals surface area contributed by atoms with Crippen molar-refractivity contribution in [2.75, 3.05) is 6.54 Å². The summed E-state index contributed by atoms with van der Waals surface area (Å²) in [4.78, 5) is 14.2. The van der Waals surface area contributed by atoms with E-state index in [9.17, 15) is 23.8 Å². The summed E-state index contributed by atoms with van der Waals surface area (Å²) in [5.41, 5.74) is 0.714. The highest BCUT2D eigenvalue weighted by molar-refractivity contribution is 5.96. The summed E-state index contributed by atoms with van der Waals surface area (Å²) >= 11 is 0. The van der Waals surface area contributed by atoms with Crippen molar-refractivity contribution in [3.63, 3.8) is 0 Å². The number of likely N-dealkylation sites (tertiary alicyclic amines) is 1. The van der Waals surface area contributed by atoms with Gasteiger partial charge in [0.2, 0.25) is 0 Å². The van der Waals surface area contributed by atoms with Crippen molar-refractivity contribution in [2.45, 2.75) is 25.5 Å². The highest BCUT2D eigenvalue weighted by Gasteiger charge is 2.37. The van der Waals surface area contributed by atoms with Gasteiger partial charge >= 0.3 is 0 Å². The Hall–Kier alpha value is -2.47. The van der Waals surface area contributed by atoms with Crippen LogP contribution in [0.25, 0.3) is 0 Å². The number of aliphatic hydroxyl groups is 1. The van der Waals surface area contributed by atoms with Crippen LogP contribution in [-0.2, 0) is 0 Å². The van der Waals surface area contributed by atoms with Crippen LogP contribution in [0.15, 0.2) is 36.4 Å². The fourth-order valence-corrected chi connectivity index (χ4v) is 3.11. The summed E-state index contributed by atoms with van der Waals surface area (Å²) in [6, 6.07) is 6.88. The molecule has 2 unspecified atom stereocenters. The molecule has 0 bridgehead atoms. The van der Waals surface area contributed by atoms with Crippen LogP contribution in [0.3, 0.4) is 0 Å². The minimum Gasteiger partial charge on any atom is -0.508 e. The standard InChI is InChI=1S/C18H17F2NO3/c1-10-13(3-2-4-17(10)23)18(24)21-9-12(22)8-16(21)14-7-11(19)5-6-15(14)20/h2-7,12,16,22-23H,8-9H2,1H3. The number of benzene rings is 2. The van der Waals surface area contributed by atoms with Crippen molar-refractivity contribution in [1.29, 1.82) is 0 Å². The molecule has 2 atom stereocenters. The smallest absolute Gasteiger partial charge is 0.254 e. The third-order valence-corrected chi connectivity index (χ3v) is 4.39. The van der Waals surface area contributed by atoms with Crippen molar-refractivity contribution in [3.05, 3.63) is 64.7 Å². The number of aromatic hydroxyl groups is 1. The highest BCUT2D eigenvalue weighted by Crippen LogP contribution is 2.36. The zero-order valence-electron chi connectivity index (χ0n) is 13.0. The third-order valence-electron chi connectivity index (χ3n) is 4.39. The maximum atomic E-state index is 14.1.